The second-order valence-corrected chi connectivity index (χ2v) is 7.13. The van der Waals surface area contributed by atoms with Gasteiger partial charge in [0.2, 0.25) is 0 Å². The number of aliphatic imine (C=N–C) groups is 1. The van der Waals surface area contributed by atoms with Crippen LogP contribution in [0.15, 0.2) is 4.99 Å². The summed E-state index contributed by atoms with van der Waals surface area (Å²) in [5.41, 5.74) is 2.14. The van der Waals surface area contributed by atoms with Gasteiger partial charge in [-0.1, -0.05) is 19.3 Å². The minimum absolute atomic E-state index is 0.850. The third kappa shape index (κ3) is 3.47. The van der Waals surface area contributed by atoms with E-state index < -0.39 is 0 Å². The SMILES string of the molecule is N#Cc1c(N=CN2CCCCCC2)sc2c1CCCCC2. The van der Waals surface area contributed by atoms with Crippen LogP contribution in [-0.4, -0.2) is 24.3 Å². The molecule has 1 aliphatic carbocycles. The molecule has 0 saturated carbocycles. The first-order valence-electron chi connectivity index (χ1n) is 8.21. The van der Waals surface area contributed by atoms with Gasteiger partial charge in [0.15, 0.2) is 0 Å². The van der Waals surface area contributed by atoms with E-state index in [0.717, 1.165) is 36.5 Å². The van der Waals surface area contributed by atoms with Crippen molar-refractivity contribution in [3.63, 3.8) is 0 Å². The maximum absolute atomic E-state index is 9.51. The average molecular weight is 301 g/mol. The summed E-state index contributed by atoms with van der Waals surface area (Å²) in [5.74, 6) is 0. The molecule has 1 fully saturated rings. The number of nitrogens with zero attached hydrogens (tertiary/aromatic N) is 3. The summed E-state index contributed by atoms with van der Waals surface area (Å²) in [4.78, 5) is 8.40. The molecule has 0 radical (unpaired) electrons. The fourth-order valence-corrected chi connectivity index (χ4v) is 4.46. The fourth-order valence-electron chi connectivity index (χ4n) is 3.28. The summed E-state index contributed by atoms with van der Waals surface area (Å²) in [7, 11) is 0. The summed E-state index contributed by atoms with van der Waals surface area (Å²) in [6, 6.07) is 2.41. The van der Waals surface area contributed by atoms with Crippen LogP contribution in [0.25, 0.3) is 0 Å². The molecule has 1 aliphatic heterocycles. The van der Waals surface area contributed by atoms with Crippen molar-refractivity contribution >= 4 is 22.7 Å². The fraction of sp³-hybridized carbons (Fsp3) is 0.647. The molecule has 2 heterocycles. The van der Waals surface area contributed by atoms with Crippen molar-refractivity contribution in [2.45, 2.75) is 57.8 Å². The van der Waals surface area contributed by atoms with E-state index in [4.69, 9.17) is 0 Å². The zero-order valence-corrected chi connectivity index (χ0v) is 13.4. The maximum Gasteiger partial charge on any atom is 0.136 e. The van der Waals surface area contributed by atoms with Crippen molar-refractivity contribution in [3.05, 3.63) is 16.0 Å². The predicted octanol–water partition coefficient (Wildman–Crippen LogP) is 4.42. The second-order valence-electron chi connectivity index (χ2n) is 6.05. The molecule has 112 valence electrons. The van der Waals surface area contributed by atoms with Gasteiger partial charge in [0.05, 0.1) is 11.9 Å². The van der Waals surface area contributed by atoms with E-state index in [0.29, 0.717) is 0 Å². The first kappa shape index (κ1) is 14.6. The van der Waals surface area contributed by atoms with Gasteiger partial charge < -0.3 is 4.90 Å². The normalized spacial score (nSPS) is 19.9. The van der Waals surface area contributed by atoms with E-state index in [1.54, 1.807) is 11.3 Å². The highest BCUT2D eigenvalue weighted by atomic mass is 32.1. The molecule has 2 aliphatic rings. The minimum atomic E-state index is 0.850. The molecule has 0 unspecified atom stereocenters. The summed E-state index contributed by atoms with van der Waals surface area (Å²) < 4.78 is 0. The third-order valence-corrected chi connectivity index (χ3v) is 5.69. The standard InChI is InChI=1S/C17H23N3S/c18-12-15-14-8-4-3-5-9-16(14)21-17(15)19-13-20-10-6-1-2-7-11-20/h13H,1-11H2. The predicted molar refractivity (Wildman–Crippen MR) is 88.5 cm³/mol. The highest BCUT2D eigenvalue weighted by molar-refractivity contribution is 7.16. The van der Waals surface area contributed by atoms with Crippen molar-refractivity contribution in [2.75, 3.05) is 13.1 Å². The Balaban J connectivity index is 1.80. The lowest BCUT2D eigenvalue weighted by molar-refractivity contribution is 0.448. The largest absolute Gasteiger partial charge is 0.363 e. The third-order valence-electron chi connectivity index (χ3n) is 4.49. The van der Waals surface area contributed by atoms with Gasteiger partial charge in [-0.05, 0) is 44.1 Å². The van der Waals surface area contributed by atoms with Crippen LogP contribution in [-0.2, 0) is 12.8 Å². The van der Waals surface area contributed by atoms with Crippen LogP contribution in [0.3, 0.4) is 0 Å². The van der Waals surface area contributed by atoms with E-state index in [-0.39, 0.29) is 0 Å². The molecule has 0 amide bonds. The molecule has 1 saturated heterocycles. The first-order valence-corrected chi connectivity index (χ1v) is 9.03. The summed E-state index contributed by atoms with van der Waals surface area (Å²) in [6.45, 7) is 2.22. The molecule has 4 heteroatoms. The molecule has 0 aromatic carbocycles. The lowest BCUT2D eigenvalue weighted by Crippen LogP contribution is -2.22. The van der Waals surface area contributed by atoms with Gasteiger partial charge in [0.25, 0.3) is 0 Å². The Bertz CT molecular complexity index is 545. The quantitative estimate of drug-likeness (QED) is 0.460. The molecule has 0 N–H and O–H groups in total. The number of rotatable bonds is 2. The molecular weight excluding hydrogens is 278 g/mol. The van der Waals surface area contributed by atoms with Crippen molar-refractivity contribution in [1.82, 2.24) is 4.90 Å². The molecule has 3 nitrogen and oxygen atoms in total. The molecule has 1 aromatic heterocycles. The van der Waals surface area contributed by atoms with Crippen LogP contribution in [0, 0.1) is 11.3 Å². The number of likely N-dealkylation sites (tertiary alicyclic amines) is 1. The Morgan fingerprint density at radius 1 is 1.00 bits per heavy atom. The van der Waals surface area contributed by atoms with E-state index in [9.17, 15) is 5.26 Å². The smallest absolute Gasteiger partial charge is 0.136 e. The Kier molecular flexibility index (Phi) is 4.92. The van der Waals surface area contributed by atoms with Crippen LogP contribution in [0.2, 0.25) is 0 Å². The van der Waals surface area contributed by atoms with E-state index in [1.807, 2.05) is 6.34 Å². The van der Waals surface area contributed by atoms with Gasteiger partial charge in [0.1, 0.15) is 11.1 Å². The van der Waals surface area contributed by atoms with Gasteiger partial charge in [0, 0.05) is 18.0 Å². The monoisotopic (exact) mass is 301 g/mol. The van der Waals surface area contributed by atoms with E-state index >= 15 is 0 Å². The Hall–Kier alpha value is -1.34. The summed E-state index contributed by atoms with van der Waals surface area (Å²) in [5, 5.41) is 10.4. The highest BCUT2D eigenvalue weighted by Gasteiger charge is 2.19. The average Bonchev–Trinajstić information content (AvgIpc) is 2.74. The molecule has 0 atom stereocenters. The topological polar surface area (TPSA) is 39.4 Å². The van der Waals surface area contributed by atoms with Gasteiger partial charge in [-0.15, -0.1) is 11.3 Å². The summed E-state index contributed by atoms with van der Waals surface area (Å²) in [6.07, 6.45) is 13.1. The first-order chi connectivity index (χ1) is 10.4. The number of thiophene rings is 1. The molecule has 21 heavy (non-hydrogen) atoms. The lowest BCUT2D eigenvalue weighted by atomic mass is 10.1. The number of fused-ring (bicyclic) bond motifs is 1. The number of hydrogen-bond donors (Lipinski definition) is 0. The molecule has 1 aromatic rings. The van der Waals surface area contributed by atoms with E-state index in [1.165, 1.54) is 55.4 Å². The zero-order valence-electron chi connectivity index (χ0n) is 12.6. The van der Waals surface area contributed by atoms with Crippen molar-refractivity contribution in [3.8, 4) is 6.07 Å². The Labute approximate surface area is 131 Å². The molecular formula is C17H23N3S. The molecule has 3 rings (SSSR count). The van der Waals surface area contributed by atoms with Gasteiger partial charge in [-0.25, -0.2) is 4.99 Å². The second kappa shape index (κ2) is 7.09. The highest BCUT2D eigenvalue weighted by Crippen LogP contribution is 2.38. The minimum Gasteiger partial charge on any atom is -0.363 e. The van der Waals surface area contributed by atoms with Gasteiger partial charge in [-0.2, -0.15) is 5.26 Å². The van der Waals surface area contributed by atoms with Crippen molar-refractivity contribution in [2.24, 2.45) is 4.99 Å². The van der Waals surface area contributed by atoms with Crippen LogP contribution >= 0.6 is 11.3 Å². The van der Waals surface area contributed by atoms with Crippen LogP contribution in [0.5, 0.6) is 0 Å². The maximum atomic E-state index is 9.51. The van der Waals surface area contributed by atoms with E-state index in [2.05, 4.69) is 16.0 Å². The number of hydrogen-bond acceptors (Lipinski definition) is 3. The lowest BCUT2D eigenvalue weighted by Gasteiger charge is -2.15. The van der Waals surface area contributed by atoms with Gasteiger partial charge in [-0.3, -0.25) is 0 Å². The van der Waals surface area contributed by atoms with Crippen molar-refractivity contribution in [1.29, 1.82) is 5.26 Å². The number of nitriles is 1. The zero-order chi connectivity index (χ0) is 14.5. The Morgan fingerprint density at radius 2 is 1.71 bits per heavy atom. The molecule has 0 spiro atoms. The molecule has 0 bridgehead atoms. The van der Waals surface area contributed by atoms with Crippen molar-refractivity contribution < 1.29 is 0 Å². The van der Waals surface area contributed by atoms with Crippen LogP contribution in [0.1, 0.15) is 60.9 Å². The van der Waals surface area contributed by atoms with Gasteiger partial charge >= 0.3 is 0 Å². The van der Waals surface area contributed by atoms with Crippen LogP contribution in [0.4, 0.5) is 5.00 Å². The summed E-state index contributed by atoms with van der Waals surface area (Å²) >= 11 is 1.75. The number of aryl methyl sites for hydroxylation is 1. The van der Waals surface area contributed by atoms with Crippen LogP contribution < -0.4 is 0 Å². The Morgan fingerprint density at radius 3 is 2.48 bits per heavy atom.